The summed E-state index contributed by atoms with van der Waals surface area (Å²) in [6.07, 6.45) is -1.61. The highest BCUT2D eigenvalue weighted by molar-refractivity contribution is 7.13. The molecule has 3 aromatic rings. The number of thiazole rings is 1. The number of carbonyl (C=O) groups is 2. The fourth-order valence-electron chi connectivity index (χ4n) is 5.44. The summed E-state index contributed by atoms with van der Waals surface area (Å²) < 4.78 is 57.0. The average Bonchev–Trinajstić information content (AvgIpc) is 3.60. The maximum Gasteiger partial charge on any atom is 0.573 e. The van der Waals surface area contributed by atoms with E-state index >= 15 is 0 Å². The summed E-state index contributed by atoms with van der Waals surface area (Å²) in [6.45, 7) is 7.05. The van der Waals surface area contributed by atoms with E-state index in [4.69, 9.17) is 9.15 Å². The Morgan fingerprint density at radius 2 is 1.77 bits per heavy atom. The Balaban J connectivity index is 0.00000118. The third kappa shape index (κ3) is 6.51. The number of carbonyl (C=O) groups excluding carboxylic acids is 2. The zero-order chi connectivity index (χ0) is 31.1. The first kappa shape index (κ1) is 30.9. The predicted octanol–water partition coefficient (Wildman–Crippen LogP) is 5.12. The topological polar surface area (TPSA) is 113 Å². The number of ether oxygens (including phenoxy) is 2. The zero-order valence-electron chi connectivity index (χ0n) is 24.7. The number of benzene rings is 1. The van der Waals surface area contributed by atoms with E-state index in [1.54, 1.807) is 16.5 Å². The van der Waals surface area contributed by atoms with Gasteiger partial charge >= 0.3 is 12.5 Å². The highest BCUT2D eigenvalue weighted by Crippen LogP contribution is 2.44. The van der Waals surface area contributed by atoms with Gasteiger partial charge in [-0.25, -0.2) is 9.78 Å². The number of alkyl halides is 3. The smallest absolute Gasteiger partial charge is 0.444 e. The van der Waals surface area contributed by atoms with E-state index in [0.717, 1.165) is 19.3 Å². The standard InChI is InChI=1S/C26H28F3N5O5S.C2H7N/c1-25(2,3)39-24(36)34-14-5-6-15(34)13-33(12-14)23-31-18-19(37-23)16(21-30-7-10-40-21)11-17(20(18)38-26(27,28)29)22(35)32-8-4-9-32;1-3-2/h7,10-11,14-15H,4-6,8-9,12-13H2,1-3H3;3H,1-2H3. The van der Waals surface area contributed by atoms with E-state index in [-0.39, 0.29) is 34.8 Å². The van der Waals surface area contributed by atoms with E-state index in [0.29, 0.717) is 36.8 Å². The molecule has 3 aliphatic heterocycles. The minimum Gasteiger partial charge on any atom is -0.444 e. The van der Waals surface area contributed by atoms with Crippen molar-refractivity contribution in [2.45, 2.75) is 64.1 Å². The van der Waals surface area contributed by atoms with Crippen LogP contribution in [0.4, 0.5) is 24.0 Å². The Bertz CT molecular complexity index is 1450. The van der Waals surface area contributed by atoms with Gasteiger partial charge in [-0.3, -0.25) is 9.69 Å². The molecule has 0 saturated carbocycles. The molecule has 6 rings (SSSR count). The number of amides is 2. The third-order valence-electron chi connectivity index (χ3n) is 7.22. The number of hydrogen-bond acceptors (Lipinski definition) is 10. The van der Waals surface area contributed by atoms with Crippen molar-refractivity contribution < 1.29 is 36.7 Å². The molecule has 1 N–H and O–H groups in total. The van der Waals surface area contributed by atoms with Crippen molar-refractivity contribution in [3.8, 4) is 16.3 Å². The fraction of sp³-hybridized carbons (Fsp3) is 0.571. The first-order valence-electron chi connectivity index (χ1n) is 14.1. The van der Waals surface area contributed by atoms with Crippen molar-refractivity contribution in [3.05, 3.63) is 23.2 Å². The van der Waals surface area contributed by atoms with E-state index in [9.17, 15) is 22.8 Å². The molecule has 2 aromatic heterocycles. The second-order valence-electron chi connectivity index (χ2n) is 11.7. The third-order valence-corrected chi connectivity index (χ3v) is 8.03. The molecule has 11 nitrogen and oxygen atoms in total. The first-order chi connectivity index (χ1) is 20.3. The minimum absolute atomic E-state index is 0.0475. The molecule has 2 unspecified atom stereocenters. The van der Waals surface area contributed by atoms with Crippen molar-refractivity contribution >= 4 is 40.5 Å². The molecule has 3 fully saturated rings. The number of fused-ring (bicyclic) bond motifs is 3. The number of piperazine rings is 1. The van der Waals surface area contributed by atoms with Crippen molar-refractivity contribution in [2.75, 3.05) is 45.2 Å². The molecule has 234 valence electrons. The van der Waals surface area contributed by atoms with Gasteiger partial charge in [0.1, 0.15) is 10.6 Å². The summed E-state index contributed by atoms with van der Waals surface area (Å²) in [5.74, 6) is -1.26. The van der Waals surface area contributed by atoms with Crippen LogP contribution in [0.1, 0.15) is 50.4 Å². The van der Waals surface area contributed by atoms with E-state index in [2.05, 4.69) is 20.0 Å². The number of aromatic nitrogens is 2. The van der Waals surface area contributed by atoms with Crippen LogP contribution >= 0.6 is 11.3 Å². The number of anilines is 1. The van der Waals surface area contributed by atoms with Gasteiger partial charge in [-0.2, -0.15) is 4.98 Å². The number of nitrogens with zero attached hydrogens (tertiary/aromatic N) is 5. The van der Waals surface area contributed by atoms with Gasteiger partial charge in [0.2, 0.25) is 0 Å². The lowest BCUT2D eigenvalue weighted by molar-refractivity contribution is -0.274. The number of nitrogens with one attached hydrogen (secondary N) is 1. The zero-order valence-corrected chi connectivity index (χ0v) is 25.5. The molecule has 1 aromatic carbocycles. The monoisotopic (exact) mass is 624 g/mol. The molecule has 0 spiro atoms. The minimum atomic E-state index is -5.06. The normalized spacial score (nSPS) is 20.0. The quantitative estimate of drug-likeness (QED) is 0.423. The highest BCUT2D eigenvalue weighted by atomic mass is 32.1. The van der Waals surface area contributed by atoms with Crippen LogP contribution in [0.25, 0.3) is 21.7 Å². The number of halogens is 3. The van der Waals surface area contributed by atoms with Gasteiger partial charge in [-0.15, -0.1) is 24.5 Å². The number of hydrogen-bond donors (Lipinski definition) is 1. The Morgan fingerprint density at radius 3 is 2.28 bits per heavy atom. The van der Waals surface area contributed by atoms with E-state index in [1.807, 2.05) is 39.8 Å². The number of likely N-dealkylation sites (tertiary alicyclic amines) is 1. The van der Waals surface area contributed by atoms with Gasteiger partial charge in [-0.1, -0.05) is 0 Å². The van der Waals surface area contributed by atoms with Crippen LogP contribution in [0.5, 0.6) is 5.75 Å². The van der Waals surface area contributed by atoms with Crippen molar-refractivity contribution in [1.29, 1.82) is 0 Å². The lowest BCUT2D eigenvalue weighted by Gasteiger charge is -2.40. The second kappa shape index (κ2) is 11.8. The molecule has 3 saturated heterocycles. The van der Waals surface area contributed by atoms with Crippen LogP contribution in [0.3, 0.4) is 0 Å². The molecule has 3 aliphatic rings. The van der Waals surface area contributed by atoms with E-state index < -0.39 is 29.7 Å². The molecule has 2 atom stereocenters. The number of oxazole rings is 1. The van der Waals surface area contributed by atoms with Crippen LogP contribution in [0.15, 0.2) is 22.1 Å². The van der Waals surface area contributed by atoms with Crippen molar-refractivity contribution in [3.63, 3.8) is 0 Å². The molecule has 2 bridgehead atoms. The van der Waals surface area contributed by atoms with E-state index in [1.165, 1.54) is 22.3 Å². The molecule has 5 heterocycles. The molecular weight excluding hydrogens is 589 g/mol. The summed E-state index contributed by atoms with van der Waals surface area (Å²) >= 11 is 1.26. The molecule has 43 heavy (non-hydrogen) atoms. The fourth-order valence-corrected chi connectivity index (χ4v) is 6.09. The Hall–Kier alpha value is -3.59. The first-order valence-corrected chi connectivity index (χ1v) is 14.9. The van der Waals surface area contributed by atoms with Gasteiger partial charge in [0.15, 0.2) is 16.8 Å². The molecule has 0 aliphatic carbocycles. The van der Waals surface area contributed by atoms with Crippen LogP contribution in [0.2, 0.25) is 0 Å². The largest absolute Gasteiger partial charge is 0.573 e. The lowest BCUT2D eigenvalue weighted by Crippen LogP contribution is -2.56. The maximum absolute atomic E-state index is 13.6. The second-order valence-corrected chi connectivity index (χ2v) is 12.6. The lowest BCUT2D eigenvalue weighted by atomic mass is 10.0. The molecular formula is C28H35F3N6O5S. The van der Waals surface area contributed by atoms with Gasteiger partial charge in [0.25, 0.3) is 11.9 Å². The SMILES string of the molecule is CC(C)(C)OC(=O)N1C2CCC1CN(c1nc3c(OC(F)(F)F)c(C(=O)N4CCC4)cc(-c4nccs4)c3o1)C2.CNC. The van der Waals surface area contributed by atoms with Gasteiger partial charge in [0.05, 0.1) is 23.2 Å². The summed E-state index contributed by atoms with van der Waals surface area (Å²) in [6, 6.07) is 1.10. The van der Waals surface area contributed by atoms with Crippen molar-refractivity contribution in [2.24, 2.45) is 0 Å². The van der Waals surface area contributed by atoms with Crippen LogP contribution in [-0.4, -0.2) is 96.1 Å². The molecule has 15 heteroatoms. The average molecular weight is 625 g/mol. The van der Waals surface area contributed by atoms with Crippen LogP contribution < -0.4 is 15.0 Å². The summed E-state index contributed by atoms with van der Waals surface area (Å²) in [7, 11) is 3.75. The van der Waals surface area contributed by atoms with Crippen LogP contribution in [0, 0.1) is 0 Å². The molecule has 0 radical (unpaired) electrons. The Labute approximate surface area is 250 Å². The maximum atomic E-state index is 13.6. The number of rotatable bonds is 4. The summed E-state index contributed by atoms with van der Waals surface area (Å²) in [5.41, 5.74) is -0.681. The summed E-state index contributed by atoms with van der Waals surface area (Å²) in [4.78, 5) is 39.9. The van der Waals surface area contributed by atoms with Crippen LogP contribution in [-0.2, 0) is 4.74 Å². The van der Waals surface area contributed by atoms with Gasteiger partial charge < -0.3 is 29.0 Å². The highest BCUT2D eigenvalue weighted by Gasteiger charge is 2.46. The summed E-state index contributed by atoms with van der Waals surface area (Å²) in [5, 5.41) is 4.95. The van der Waals surface area contributed by atoms with Gasteiger partial charge in [0, 0.05) is 37.8 Å². The molecule has 2 amide bonds. The van der Waals surface area contributed by atoms with Gasteiger partial charge in [-0.05, 0) is 60.2 Å². The van der Waals surface area contributed by atoms with Crippen molar-refractivity contribution in [1.82, 2.24) is 25.1 Å². The predicted molar refractivity (Wildman–Crippen MR) is 154 cm³/mol. The Morgan fingerprint density at radius 1 is 1.12 bits per heavy atom. The Kier molecular flexibility index (Phi) is 8.49.